The molecule has 0 saturated carbocycles. The van der Waals surface area contributed by atoms with E-state index in [-0.39, 0.29) is 29.3 Å². The summed E-state index contributed by atoms with van der Waals surface area (Å²) in [6.07, 6.45) is -3.19. The summed E-state index contributed by atoms with van der Waals surface area (Å²) in [4.78, 5) is 29.9. The van der Waals surface area contributed by atoms with Gasteiger partial charge in [0.2, 0.25) is 0 Å². The number of para-hydroxylation sites is 1. The predicted molar refractivity (Wildman–Crippen MR) is 151 cm³/mol. The van der Waals surface area contributed by atoms with E-state index >= 15 is 0 Å². The van der Waals surface area contributed by atoms with Crippen molar-refractivity contribution in [3.63, 3.8) is 0 Å². The highest BCUT2D eigenvalue weighted by molar-refractivity contribution is 6.30. The average Bonchev–Trinajstić information content (AvgIpc) is 2.97. The van der Waals surface area contributed by atoms with Crippen molar-refractivity contribution in [3.05, 3.63) is 124 Å². The molecule has 0 spiro atoms. The summed E-state index contributed by atoms with van der Waals surface area (Å²) in [5, 5.41) is 7.78. The number of benzene rings is 4. The van der Waals surface area contributed by atoms with Crippen LogP contribution in [0, 0.1) is 0 Å². The largest absolute Gasteiger partial charge is 0.484 e. The van der Waals surface area contributed by atoms with E-state index in [9.17, 15) is 22.8 Å². The smallest absolute Gasteiger partial charge is 0.416 e. The topological polar surface area (TPSA) is 85.6 Å². The molecule has 1 heterocycles. The molecule has 7 nitrogen and oxygen atoms in total. The molecule has 0 unspecified atom stereocenters. The zero-order valence-electron chi connectivity index (χ0n) is 21.1. The van der Waals surface area contributed by atoms with E-state index in [1.807, 2.05) is 0 Å². The van der Waals surface area contributed by atoms with Crippen molar-refractivity contribution in [3.8, 4) is 17.1 Å². The van der Waals surface area contributed by atoms with Gasteiger partial charge >= 0.3 is 6.18 Å². The van der Waals surface area contributed by atoms with Crippen LogP contribution in [-0.2, 0) is 11.0 Å². The molecule has 0 fully saturated rings. The van der Waals surface area contributed by atoms with Gasteiger partial charge in [-0.1, -0.05) is 35.9 Å². The normalized spacial score (nSPS) is 11.6. The van der Waals surface area contributed by atoms with Crippen LogP contribution in [0.3, 0.4) is 0 Å². The van der Waals surface area contributed by atoms with Crippen molar-refractivity contribution >= 4 is 40.3 Å². The molecule has 5 rings (SSSR count). The van der Waals surface area contributed by atoms with Gasteiger partial charge in [0.15, 0.2) is 12.4 Å². The Hall–Kier alpha value is -4.96. The van der Waals surface area contributed by atoms with Gasteiger partial charge in [-0.25, -0.2) is 4.98 Å². The highest BCUT2D eigenvalue weighted by atomic mass is 35.5. The van der Waals surface area contributed by atoms with Crippen LogP contribution < -0.4 is 15.6 Å². The molecule has 11 heteroatoms. The second kappa shape index (κ2) is 11.6. The Kier molecular flexibility index (Phi) is 7.84. The third-order valence-corrected chi connectivity index (χ3v) is 6.15. The average molecular weight is 577 g/mol. The minimum atomic E-state index is -4.57. The third kappa shape index (κ3) is 6.62. The lowest BCUT2D eigenvalue weighted by molar-refractivity contribution is -0.137. The van der Waals surface area contributed by atoms with Gasteiger partial charge in [0, 0.05) is 16.3 Å². The van der Waals surface area contributed by atoms with Crippen LogP contribution in [0.4, 0.5) is 18.9 Å². The molecule has 1 N–H and O–H groups in total. The minimum absolute atomic E-state index is 0.0392. The molecule has 41 heavy (non-hydrogen) atoms. The number of carbonyl (C=O) groups is 1. The molecular formula is C30H20ClF3N4O3. The lowest BCUT2D eigenvalue weighted by Crippen LogP contribution is -2.20. The lowest BCUT2D eigenvalue weighted by atomic mass is 10.1. The number of halogens is 4. The fourth-order valence-corrected chi connectivity index (χ4v) is 4.03. The Balaban J connectivity index is 1.37. The van der Waals surface area contributed by atoms with E-state index in [2.05, 4.69) is 15.4 Å². The van der Waals surface area contributed by atoms with E-state index in [4.69, 9.17) is 16.3 Å². The zero-order valence-corrected chi connectivity index (χ0v) is 21.9. The number of alkyl halides is 3. The summed E-state index contributed by atoms with van der Waals surface area (Å²) in [5.41, 5.74) is 0.158. The van der Waals surface area contributed by atoms with Gasteiger partial charge in [0.25, 0.3) is 11.5 Å². The molecule has 0 aliphatic heterocycles. The van der Waals surface area contributed by atoms with Gasteiger partial charge in [-0.2, -0.15) is 22.9 Å². The molecule has 0 saturated heterocycles. The van der Waals surface area contributed by atoms with Gasteiger partial charge in [0.05, 0.1) is 22.7 Å². The van der Waals surface area contributed by atoms with Gasteiger partial charge in [0.1, 0.15) is 5.75 Å². The lowest BCUT2D eigenvalue weighted by Gasteiger charge is -2.12. The van der Waals surface area contributed by atoms with E-state index < -0.39 is 17.3 Å². The molecule has 1 amide bonds. The van der Waals surface area contributed by atoms with Crippen LogP contribution in [0.2, 0.25) is 5.02 Å². The quantitative estimate of drug-likeness (QED) is 0.220. The summed E-state index contributed by atoms with van der Waals surface area (Å²) >= 11 is 5.84. The number of fused-ring (bicyclic) bond motifs is 1. The van der Waals surface area contributed by atoms with Crippen LogP contribution >= 0.6 is 11.6 Å². The third-order valence-electron chi connectivity index (χ3n) is 5.90. The van der Waals surface area contributed by atoms with E-state index in [1.165, 1.54) is 18.3 Å². The summed E-state index contributed by atoms with van der Waals surface area (Å²) in [6.45, 7) is -0.228. The molecule has 5 aromatic rings. The molecule has 1 aromatic heterocycles. The highest BCUT2D eigenvalue weighted by Gasteiger charge is 2.31. The van der Waals surface area contributed by atoms with Crippen molar-refractivity contribution in [2.45, 2.75) is 6.18 Å². The maximum Gasteiger partial charge on any atom is 0.416 e. The Morgan fingerprint density at radius 2 is 1.71 bits per heavy atom. The Morgan fingerprint density at radius 1 is 0.976 bits per heavy atom. The van der Waals surface area contributed by atoms with Gasteiger partial charge < -0.3 is 10.1 Å². The fourth-order valence-electron chi connectivity index (χ4n) is 3.91. The predicted octanol–water partition coefficient (Wildman–Crippen LogP) is 6.64. The second-order valence-electron chi connectivity index (χ2n) is 8.81. The molecular weight excluding hydrogens is 557 g/mol. The number of anilines is 1. The summed E-state index contributed by atoms with van der Waals surface area (Å²) in [7, 11) is 0. The fraction of sp³-hybridized carbons (Fsp3) is 0.0667. The SMILES string of the molecule is O=C(COc1ccc(C=Nn2c(-c3cccc(C(F)(F)F)c3)nc3ccccc3c2=O)cc1)Nc1ccc(Cl)cc1. The van der Waals surface area contributed by atoms with Gasteiger partial charge in [-0.15, -0.1) is 0 Å². The Morgan fingerprint density at radius 3 is 2.44 bits per heavy atom. The second-order valence-corrected chi connectivity index (χ2v) is 9.24. The van der Waals surface area contributed by atoms with Gasteiger partial charge in [-0.05, 0) is 78.4 Å². The first-order valence-corrected chi connectivity index (χ1v) is 12.6. The molecule has 0 aliphatic carbocycles. The number of rotatable bonds is 7. The molecule has 206 valence electrons. The minimum Gasteiger partial charge on any atom is -0.484 e. The molecule has 0 radical (unpaired) electrons. The van der Waals surface area contributed by atoms with Crippen LogP contribution in [0.25, 0.3) is 22.3 Å². The number of aromatic nitrogens is 2. The van der Waals surface area contributed by atoms with Crippen LogP contribution in [-0.4, -0.2) is 28.4 Å². The van der Waals surface area contributed by atoms with Crippen LogP contribution in [0.15, 0.2) is 107 Å². The molecule has 0 bridgehead atoms. The number of nitrogens with zero attached hydrogens (tertiary/aromatic N) is 3. The number of amides is 1. The standard InChI is InChI=1S/C30H20ClF3N4O3/c31-22-10-12-23(13-11-22)36-27(39)18-41-24-14-8-19(9-15-24)17-35-38-28(20-4-3-5-21(16-20)30(32,33)34)37-26-7-2-1-6-25(26)29(38)40/h1-17H,18H2,(H,36,39). The first-order chi connectivity index (χ1) is 19.7. The van der Waals surface area contributed by atoms with Crippen molar-refractivity contribution in [2.75, 3.05) is 11.9 Å². The Bertz CT molecular complexity index is 1800. The Labute approximate surface area is 236 Å². The highest BCUT2D eigenvalue weighted by Crippen LogP contribution is 2.32. The number of ether oxygens (including phenoxy) is 1. The van der Waals surface area contributed by atoms with Crippen molar-refractivity contribution < 1.29 is 22.7 Å². The number of hydrogen-bond donors (Lipinski definition) is 1. The van der Waals surface area contributed by atoms with E-state index in [1.54, 1.807) is 72.8 Å². The summed E-state index contributed by atoms with van der Waals surface area (Å²) in [6, 6.07) is 24.3. The van der Waals surface area contributed by atoms with E-state index in [0.717, 1.165) is 16.8 Å². The zero-order chi connectivity index (χ0) is 29.0. The van der Waals surface area contributed by atoms with Gasteiger partial charge in [-0.3, -0.25) is 9.59 Å². The summed E-state index contributed by atoms with van der Waals surface area (Å²) in [5.74, 6) is 0.0218. The number of carbonyl (C=O) groups excluding carboxylic acids is 1. The summed E-state index contributed by atoms with van der Waals surface area (Å²) < 4.78 is 46.6. The number of hydrogen-bond acceptors (Lipinski definition) is 5. The maximum atomic E-state index is 13.4. The van der Waals surface area contributed by atoms with Crippen LogP contribution in [0.1, 0.15) is 11.1 Å². The first kappa shape index (κ1) is 27.6. The number of nitrogens with one attached hydrogen (secondary N) is 1. The molecule has 0 atom stereocenters. The van der Waals surface area contributed by atoms with Crippen LogP contribution in [0.5, 0.6) is 5.75 Å². The monoisotopic (exact) mass is 576 g/mol. The van der Waals surface area contributed by atoms with Crippen molar-refractivity contribution in [1.29, 1.82) is 0 Å². The molecule has 0 aliphatic rings. The maximum absolute atomic E-state index is 13.4. The van der Waals surface area contributed by atoms with Crippen molar-refractivity contribution in [2.24, 2.45) is 5.10 Å². The molecule has 4 aromatic carbocycles. The van der Waals surface area contributed by atoms with E-state index in [0.29, 0.717) is 27.5 Å². The first-order valence-electron chi connectivity index (χ1n) is 12.2. The van der Waals surface area contributed by atoms with Crippen molar-refractivity contribution in [1.82, 2.24) is 9.66 Å².